The Bertz CT molecular complexity index is 1310. The van der Waals surface area contributed by atoms with Crippen molar-refractivity contribution >= 4 is 23.2 Å². The van der Waals surface area contributed by atoms with Crippen LogP contribution in [-0.4, -0.2) is 28.9 Å². The maximum atomic E-state index is 13.8. The number of rotatable bonds is 7. The summed E-state index contributed by atoms with van der Waals surface area (Å²) in [6.07, 6.45) is 4.24. The van der Waals surface area contributed by atoms with Crippen LogP contribution in [0.1, 0.15) is 27.7 Å². The molecule has 0 saturated carbocycles. The van der Waals surface area contributed by atoms with E-state index in [9.17, 15) is 14.0 Å². The van der Waals surface area contributed by atoms with E-state index in [4.69, 9.17) is 4.74 Å². The number of nitrogens with one attached hydrogen (secondary N) is 1. The van der Waals surface area contributed by atoms with Crippen molar-refractivity contribution in [1.29, 1.82) is 0 Å². The number of nitrogens with zero attached hydrogens (tertiary/aromatic N) is 3. The van der Waals surface area contributed by atoms with Gasteiger partial charge in [0.15, 0.2) is 0 Å². The summed E-state index contributed by atoms with van der Waals surface area (Å²) < 4.78 is 18.7. The number of aromatic nitrogens is 2. The molecule has 0 saturated heterocycles. The van der Waals surface area contributed by atoms with E-state index in [0.717, 1.165) is 5.56 Å². The predicted molar refractivity (Wildman–Crippen MR) is 131 cm³/mol. The van der Waals surface area contributed by atoms with E-state index >= 15 is 0 Å². The second-order valence-electron chi connectivity index (χ2n) is 7.78. The van der Waals surface area contributed by atoms with Crippen molar-refractivity contribution in [2.45, 2.75) is 13.0 Å². The standard InChI is InChI=1S/C27H23FN4O3/c1-18-4-3-5-22(16-18)32(27(34)24-17-29-14-15-30-24)25(19-6-12-23(35-2)13-7-19)26(33)31-21-10-8-20(28)9-11-21/h3-17,25H,1-2H3,(H,31,33). The normalized spacial score (nSPS) is 11.4. The van der Waals surface area contributed by atoms with Crippen molar-refractivity contribution < 1.29 is 18.7 Å². The zero-order valence-electron chi connectivity index (χ0n) is 19.2. The van der Waals surface area contributed by atoms with Crippen LogP contribution in [0.3, 0.4) is 0 Å². The summed E-state index contributed by atoms with van der Waals surface area (Å²) in [5.74, 6) is -0.804. The molecule has 176 valence electrons. The average Bonchev–Trinajstić information content (AvgIpc) is 2.88. The first-order valence-electron chi connectivity index (χ1n) is 10.8. The fourth-order valence-corrected chi connectivity index (χ4v) is 3.64. The number of amides is 2. The molecule has 1 heterocycles. The molecule has 0 bridgehead atoms. The molecule has 35 heavy (non-hydrogen) atoms. The molecule has 0 aliphatic carbocycles. The zero-order chi connectivity index (χ0) is 24.8. The van der Waals surface area contributed by atoms with Crippen molar-refractivity contribution in [3.8, 4) is 5.75 Å². The van der Waals surface area contributed by atoms with E-state index in [0.29, 0.717) is 22.7 Å². The van der Waals surface area contributed by atoms with Crippen LogP contribution in [0, 0.1) is 12.7 Å². The summed E-state index contributed by atoms with van der Waals surface area (Å²) >= 11 is 0. The summed E-state index contributed by atoms with van der Waals surface area (Å²) in [5.41, 5.74) is 2.44. The van der Waals surface area contributed by atoms with Crippen LogP contribution in [-0.2, 0) is 4.79 Å². The largest absolute Gasteiger partial charge is 0.497 e. The lowest BCUT2D eigenvalue weighted by atomic mass is 10.0. The molecule has 1 N–H and O–H groups in total. The van der Waals surface area contributed by atoms with Crippen LogP contribution in [0.15, 0.2) is 91.4 Å². The third-order valence-electron chi connectivity index (χ3n) is 5.33. The second kappa shape index (κ2) is 10.6. The molecule has 7 nitrogen and oxygen atoms in total. The van der Waals surface area contributed by atoms with Crippen LogP contribution in [0.4, 0.5) is 15.8 Å². The third kappa shape index (κ3) is 5.50. The van der Waals surface area contributed by atoms with Crippen molar-refractivity contribution in [1.82, 2.24) is 9.97 Å². The molecule has 0 fully saturated rings. The number of aryl methyl sites for hydroxylation is 1. The summed E-state index contributed by atoms with van der Waals surface area (Å²) in [6.45, 7) is 1.90. The van der Waals surface area contributed by atoms with Gasteiger partial charge in [0.2, 0.25) is 0 Å². The topological polar surface area (TPSA) is 84.4 Å². The minimum absolute atomic E-state index is 0.0853. The smallest absolute Gasteiger partial charge is 0.279 e. The van der Waals surface area contributed by atoms with Crippen LogP contribution in [0.2, 0.25) is 0 Å². The van der Waals surface area contributed by atoms with Gasteiger partial charge in [-0.25, -0.2) is 9.37 Å². The highest BCUT2D eigenvalue weighted by atomic mass is 19.1. The monoisotopic (exact) mass is 470 g/mol. The van der Waals surface area contributed by atoms with Gasteiger partial charge < -0.3 is 10.1 Å². The van der Waals surface area contributed by atoms with Crippen molar-refractivity contribution in [3.05, 3.63) is 114 Å². The second-order valence-corrected chi connectivity index (χ2v) is 7.78. The lowest BCUT2D eigenvalue weighted by Crippen LogP contribution is -2.42. The third-order valence-corrected chi connectivity index (χ3v) is 5.33. The number of ether oxygens (including phenoxy) is 1. The average molecular weight is 471 g/mol. The van der Waals surface area contributed by atoms with Gasteiger partial charge in [-0.2, -0.15) is 0 Å². The summed E-state index contributed by atoms with van der Waals surface area (Å²) in [7, 11) is 1.55. The van der Waals surface area contributed by atoms with Crippen LogP contribution in [0.25, 0.3) is 0 Å². The molecule has 2 amide bonds. The molecule has 8 heteroatoms. The number of hydrogen-bond acceptors (Lipinski definition) is 5. The Labute approximate surface area is 202 Å². The molecule has 1 atom stereocenters. The first-order valence-corrected chi connectivity index (χ1v) is 10.8. The highest BCUT2D eigenvalue weighted by Gasteiger charge is 2.34. The molecule has 3 aromatic carbocycles. The van der Waals surface area contributed by atoms with Crippen LogP contribution < -0.4 is 15.0 Å². The summed E-state index contributed by atoms with van der Waals surface area (Å²) in [6, 6.07) is 18.5. The van der Waals surface area contributed by atoms with E-state index < -0.39 is 23.7 Å². The van der Waals surface area contributed by atoms with Gasteiger partial charge >= 0.3 is 0 Å². The van der Waals surface area contributed by atoms with E-state index in [1.807, 2.05) is 25.1 Å². The fourth-order valence-electron chi connectivity index (χ4n) is 3.64. The quantitative estimate of drug-likeness (QED) is 0.413. The summed E-state index contributed by atoms with van der Waals surface area (Å²) in [4.78, 5) is 37.0. The number of halogens is 1. The van der Waals surface area contributed by atoms with Crippen LogP contribution >= 0.6 is 0 Å². The summed E-state index contributed by atoms with van der Waals surface area (Å²) in [5, 5.41) is 2.80. The molecule has 0 radical (unpaired) electrons. The number of carbonyl (C=O) groups excluding carboxylic acids is 2. The van der Waals surface area contributed by atoms with Gasteiger partial charge in [0.25, 0.3) is 11.8 Å². The van der Waals surface area contributed by atoms with Gasteiger partial charge in [0, 0.05) is 23.8 Å². The van der Waals surface area contributed by atoms with Gasteiger partial charge in [-0.1, -0.05) is 24.3 Å². The molecule has 4 rings (SSSR count). The highest BCUT2D eigenvalue weighted by Crippen LogP contribution is 2.32. The molecule has 1 aromatic heterocycles. The Morgan fingerprint density at radius 2 is 1.74 bits per heavy atom. The molecule has 0 aliphatic heterocycles. The van der Waals surface area contributed by atoms with Crippen molar-refractivity contribution in [2.75, 3.05) is 17.3 Å². The van der Waals surface area contributed by atoms with E-state index in [1.165, 1.54) is 47.8 Å². The molecular formula is C27H23FN4O3. The Morgan fingerprint density at radius 1 is 1.00 bits per heavy atom. The maximum Gasteiger partial charge on any atom is 0.279 e. The van der Waals surface area contributed by atoms with E-state index in [2.05, 4.69) is 15.3 Å². The molecule has 0 spiro atoms. The number of methoxy groups -OCH3 is 1. The highest BCUT2D eigenvalue weighted by molar-refractivity contribution is 6.11. The Kier molecular flexibility index (Phi) is 7.11. The number of benzene rings is 3. The van der Waals surface area contributed by atoms with Crippen molar-refractivity contribution in [3.63, 3.8) is 0 Å². The number of carbonyl (C=O) groups is 2. The zero-order valence-corrected chi connectivity index (χ0v) is 19.2. The lowest BCUT2D eigenvalue weighted by Gasteiger charge is -2.31. The molecule has 0 aliphatic rings. The van der Waals surface area contributed by atoms with E-state index in [-0.39, 0.29) is 5.69 Å². The first-order chi connectivity index (χ1) is 17.0. The molecule has 1 unspecified atom stereocenters. The first kappa shape index (κ1) is 23.6. The minimum Gasteiger partial charge on any atom is -0.497 e. The van der Waals surface area contributed by atoms with Crippen molar-refractivity contribution in [2.24, 2.45) is 0 Å². The van der Waals surface area contributed by atoms with E-state index in [1.54, 1.807) is 37.4 Å². The van der Waals surface area contributed by atoms with Gasteiger partial charge in [-0.05, 0) is 66.6 Å². The molecule has 4 aromatic rings. The van der Waals surface area contributed by atoms with Gasteiger partial charge in [0.1, 0.15) is 23.3 Å². The Hall–Kier alpha value is -4.59. The maximum absolute atomic E-state index is 13.8. The molecular weight excluding hydrogens is 447 g/mol. The van der Waals surface area contributed by atoms with Gasteiger partial charge in [0.05, 0.1) is 13.3 Å². The minimum atomic E-state index is -1.08. The number of anilines is 2. The predicted octanol–water partition coefficient (Wildman–Crippen LogP) is 4.96. The fraction of sp³-hybridized carbons (Fsp3) is 0.111. The van der Waals surface area contributed by atoms with Crippen LogP contribution in [0.5, 0.6) is 5.75 Å². The SMILES string of the molecule is COc1ccc(C(C(=O)Nc2ccc(F)cc2)N(C(=O)c2cnccn2)c2cccc(C)c2)cc1. The number of hydrogen-bond donors (Lipinski definition) is 1. The van der Waals surface area contributed by atoms with Gasteiger partial charge in [-0.3, -0.25) is 19.5 Å². The Morgan fingerprint density at radius 3 is 2.37 bits per heavy atom. The lowest BCUT2D eigenvalue weighted by molar-refractivity contribution is -0.117. The van der Waals surface area contributed by atoms with Gasteiger partial charge in [-0.15, -0.1) is 0 Å². The Balaban J connectivity index is 1.84.